The van der Waals surface area contributed by atoms with E-state index in [2.05, 4.69) is 0 Å². The van der Waals surface area contributed by atoms with Crippen LogP contribution in [0.15, 0.2) is 0 Å². The number of aliphatic hydroxyl groups excluding tert-OH is 1. The number of hydrogen-bond donors (Lipinski definition) is 1. The minimum Gasteiger partial charge on any atom is -0.393 e. The maximum Gasteiger partial charge on any atom is 0.0602 e. The average molecular weight is 174 g/mol. The molecule has 74 valence electrons. The van der Waals surface area contributed by atoms with Gasteiger partial charge in [-0.15, -0.1) is 0 Å². The molecule has 0 spiro atoms. The Kier molecular flexibility index (Phi) is 4.80. The van der Waals surface area contributed by atoms with Gasteiger partial charge in [0, 0.05) is 0 Å². The van der Waals surface area contributed by atoms with Crippen LogP contribution in [0.25, 0.3) is 0 Å². The van der Waals surface area contributed by atoms with Crippen molar-refractivity contribution in [3.63, 3.8) is 0 Å². The average Bonchev–Trinajstić information content (AvgIpc) is 1.79. The van der Waals surface area contributed by atoms with Crippen LogP contribution in [0.1, 0.15) is 47.5 Å². The molecule has 0 aromatic heterocycles. The summed E-state index contributed by atoms with van der Waals surface area (Å²) in [5.74, 6) is 0. The van der Waals surface area contributed by atoms with Crippen molar-refractivity contribution in [3.8, 4) is 0 Å². The molecule has 0 fully saturated rings. The lowest BCUT2D eigenvalue weighted by Crippen LogP contribution is -2.26. The molecule has 0 aromatic rings. The molecule has 0 radical (unpaired) electrons. The van der Waals surface area contributed by atoms with Gasteiger partial charge < -0.3 is 9.84 Å². The topological polar surface area (TPSA) is 29.5 Å². The molecule has 0 saturated heterocycles. The van der Waals surface area contributed by atoms with E-state index in [1.165, 1.54) is 0 Å². The number of ether oxygens (including phenoxy) is 1. The van der Waals surface area contributed by atoms with Crippen LogP contribution in [0.2, 0.25) is 0 Å². The van der Waals surface area contributed by atoms with Gasteiger partial charge in [0.2, 0.25) is 0 Å². The van der Waals surface area contributed by atoms with Crippen molar-refractivity contribution in [2.24, 2.45) is 0 Å². The molecule has 0 saturated carbocycles. The van der Waals surface area contributed by atoms with Crippen molar-refractivity contribution < 1.29 is 9.84 Å². The zero-order valence-corrected chi connectivity index (χ0v) is 8.92. The molecule has 0 aliphatic rings. The van der Waals surface area contributed by atoms with Crippen molar-refractivity contribution in [2.75, 3.05) is 0 Å². The monoisotopic (exact) mass is 174 g/mol. The highest BCUT2D eigenvalue weighted by molar-refractivity contribution is 4.63. The molecule has 0 aliphatic carbocycles. The van der Waals surface area contributed by atoms with Gasteiger partial charge in [0.15, 0.2) is 0 Å². The van der Waals surface area contributed by atoms with Crippen LogP contribution in [0.3, 0.4) is 0 Å². The van der Waals surface area contributed by atoms with Gasteiger partial charge in [0.1, 0.15) is 0 Å². The minimum atomic E-state index is -0.212. The van der Waals surface area contributed by atoms with E-state index in [1.807, 2.05) is 34.6 Å². The molecule has 1 N–H and O–H groups in total. The smallest absolute Gasteiger partial charge is 0.0602 e. The predicted molar refractivity (Wildman–Crippen MR) is 51.2 cm³/mol. The van der Waals surface area contributed by atoms with E-state index in [0.717, 1.165) is 12.8 Å². The maximum atomic E-state index is 9.04. The third-order valence-electron chi connectivity index (χ3n) is 1.55. The molecular formula is C10H22O2. The van der Waals surface area contributed by atoms with Crippen LogP contribution < -0.4 is 0 Å². The maximum absolute atomic E-state index is 9.04. The summed E-state index contributed by atoms with van der Waals surface area (Å²) in [6.07, 6.45) is 1.77. The fraction of sp³-hybridized carbons (Fsp3) is 1.00. The molecule has 0 aromatic carbocycles. The molecule has 12 heavy (non-hydrogen) atoms. The van der Waals surface area contributed by atoms with Gasteiger partial charge >= 0.3 is 0 Å². The van der Waals surface area contributed by atoms with Gasteiger partial charge in [-0.25, -0.2) is 0 Å². The van der Waals surface area contributed by atoms with E-state index in [1.54, 1.807) is 0 Å². The normalized spacial score (nSPS) is 17.5. The SMILES string of the molecule is C[C@H](O)CC[C@H](C)OC(C)(C)C. The first-order valence-corrected chi connectivity index (χ1v) is 4.67. The largest absolute Gasteiger partial charge is 0.393 e. The Morgan fingerprint density at radius 2 is 1.67 bits per heavy atom. The molecule has 0 heterocycles. The number of rotatable bonds is 4. The number of hydrogen-bond acceptors (Lipinski definition) is 2. The van der Waals surface area contributed by atoms with Crippen molar-refractivity contribution in [1.82, 2.24) is 0 Å². The van der Waals surface area contributed by atoms with E-state index in [4.69, 9.17) is 9.84 Å². The summed E-state index contributed by atoms with van der Waals surface area (Å²) in [4.78, 5) is 0. The zero-order chi connectivity index (χ0) is 9.78. The highest BCUT2D eigenvalue weighted by atomic mass is 16.5. The zero-order valence-electron chi connectivity index (χ0n) is 8.92. The summed E-state index contributed by atoms with van der Waals surface area (Å²) in [7, 11) is 0. The summed E-state index contributed by atoms with van der Waals surface area (Å²) in [5, 5.41) is 9.04. The van der Waals surface area contributed by atoms with Crippen molar-refractivity contribution >= 4 is 0 Å². The Bertz CT molecular complexity index is 113. The third-order valence-corrected chi connectivity index (χ3v) is 1.55. The Labute approximate surface area is 75.9 Å². The Hall–Kier alpha value is -0.0800. The van der Waals surface area contributed by atoms with Gasteiger partial charge in [0.05, 0.1) is 17.8 Å². The summed E-state index contributed by atoms with van der Waals surface area (Å²) < 4.78 is 5.68. The molecule has 0 aliphatic heterocycles. The molecule has 0 bridgehead atoms. The first-order valence-electron chi connectivity index (χ1n) is 4.67. The second kappa shape index (κ2) is 4.83. The standard InChI is InChI=1S/C10H22O2/c1-8(11)6-7-9(2)12-10(3,4)5/h8-9,11H,6-7H2,1-5H3/t8-,9-/m0/s1. The molecule has 2 nitrogen and oxygen atoms in total. The Morgan fingerprint density at radius 3 is 2.00 bits per heavy atom. The van der Waals surface area contributed by atoms with Gasteiger partial charge in [-0.2, -0.15) is 0 Å². The highest BCUT2D eigenvalue weighted by Crippen LogP contribution is 2.14. The fourth-order valence-corrected chi connectivity index (χ4v) is 1.14. The Balaban J connectivity index is 3.53. The molecule has 0 amide bonds. The van der Waals surface area contributed by atoms with Gasteiger partial charge in [0.25, 0.3) is 0 Å². The van der Waals surface area contributed by atoms with E-state index in [-0.39, 0.29) is 17.8 Å². The highest BCUT2D eigenvalue weighted by Gasteiger charge is 2.15. The van der Waals surface area contributed by atoms with Crippen LogP contribution in [-0.4, -0.2) is 22.9 Å². The summed E-state index contributed by atoms with van der Waals surface area (Å²) in [5.41, 5.74) is -0.0713. The number of aliphatic hydroxyl groups is 1. The van der Waals surface area contributed by atoms with Crippen molar-refractivity contribution in [3.05, 3.63) is 0 Å². The minimum absolute atomic E-state index is 0.0713. The predicted octanol–water partition coefficient (Wildman–Crippen LogP) is 2.35. The van der Waals surface area contributed by atoms with E-state index < -0.39 is 0 Å². The van der Waals surface area contributed by atoms with Crippen LogP contribution in [0.4, 0.5) is 0 Å². The van der Waals surface area contributed by atoms with Crippen LogP contribution in [0.5, 0.6) is 0 Å². The Morgan fingerprint density at radius 1 is 1.17 bits per heavy atom. The molecule has 0 rings (SSSR count). The molecular weight excluding hydrogens is 152 g/mol. The fourth-order valence-electron chi connectivity index (χ4n) is 1.14. The lowest BCUT2D eigenvalue weighted by Gasteiger charge is -2.25. The summed E-state index contributed by atoms with van der Waals surface area (Å²) in [6.45, 7) is 10.0. The molecule has 2 heteroatoms. The summed E-state index contributed by atoms with van der Waals surface area (Å²) in [6, 6.07) is 0. The van der Waals surface area contributed by atoms with E-state index >= 15 is 0 Å². The first-order chi connectivity index (χ1) is 5.31. The second-order valence-corrected chi connectivity index (χ2v) is 4.47. The summed E-state index contributed by atoms with van der Waals surface area (Å²) >= 11 is 0. The third kappa shape index (κ3) is 8.02. The van der Waals surface area contributed by atoms with Gasteiger partial charge in [-0.1, -0.05) is 0 Å². The first kappa shape index (κ1) is 11.9. The van der Waals surface area contributed by atoms with Crippen LogP contribution in [-0.2, 0) is 4.74 Å². The quantitative estimate of drug-likeness (QED) is 0.709. The second-order valence-electron chi connectivity index (χ2n) is 4.47. The van der Waals surface area contributed by atoms with Gasteiger partial charge in [-0.05, 0) is 47.5 Å². The van der Waals surface area contributed by atoms with Crippen LogP contribution in [0, 0.1) is 0 Å². The molecule has 2 atom stereocenters. The van der Waals surface area contributed by atoms with E-state index in [9.17, 15) is 0 Å². The van der Waals surface area contributed by atoms with Crippen molar-refractivity contribution in [1.29, 1.82) is 0 Å². The lowest BCUT2D eigenvalue weighted by atomic mass is 10.1. The van der Waals surface area contributed by atoms with E-state index in [0.29, 0.717) is 0 Å². The lowest BCUT2D eigenvalue weighted by molar-refractivity contribution is -0.0578. The van der Waals surface area contributed by atoms with Gasteiger partial charge in [-0.3, -0.25) is 0 Å². The van der Waals surface area contributed by atoms with Crippen LogP contribution >= 0.6 is 0 Å². The molecule has 0 unspecified atom stereocenters. The van der Waals surface area contributed by atoms with Crippen molar-refractivity contribution in [2.45, 2.75) is 65.3 Å².